The first-order valence-corrected chi connectivity index (χ1v) is 29.5. The fourth-order valence-electron chi connectivity index (χ4n) is 11.6. The first-order chi connectivity index (χ1) is 35.3. The van der Waals surface area contributed by atoms with Gasteiger partial charge < -0.3 is 46.4 Å². The van der Waals surface area contributed by atoms with Crippen molar-refractivity contribution in [1.82, 2.24) is 78.6 Å². The maximum absolute atomic E-state index is 11.3. The van der Waals surface area contributed by atoms with Crippen LogP contribution in [0.15, 0.2) is 31.4 Å². The van der Waals surface area contributed by atoms with Crippen molar-refractivity contribution in [3.63, 3.8) is 0 Å². The number of nitrogen functional groups attached to an aromatic ring is 3. The number of nitrogens with one attached hydrogen (secondary N) is 1. The van der Waals surface area contributed by atoms with Crippen molar-refractivity contribution in [1.29, 1.82) is 0 Å². The van der Waals surface area contributed by atoms with Gasteiger partial charge in [0, 0.05) is 135 Å². The van der Waals surface area contributed by atoms with Gasteiger partial charge in [0.05, 0.1) is 22.2 Å². The molecule has 3 aliphatic carbocycles. The molecule has 3 aliphatic heterocycles. The number of nitrogens with zero attached hydrogens (tertiary/aromatic N) is 15. The molecule has 0 spiro atoms. The van der Waals surface area contributed by atoms with Gasteiger partial charge >= 0.3 is 0 Å². The second-order valence-electron chi connectivity index (χ2n) is 20.8. The summed E-state index contributed by atoms with van der Waals surface area (Å²) in [5, 5.41) is 10.8. The first kappa shape index (κ1) is 54.6. The molecule has 12 rings (SSSR count). The number of halogens is 3. The number of hydrogen-bond acceptors (Lipinski definition) is 17. The number of fused-ring (bicyclic) bond motifs is 3. The highest BCUT2D eigenvalue weighted by molar-refractivity contribution is 14.1. The Balaban J connectivity index is 0.000000127. The van der Waals surface area contributed by atoms with E-state index >= 15 is 0 Å². The summed E-state index contributed by atoms with van der Waals surface area (Å²) < 4.78 is 9.72. The Morgan fingerprint density at radius 1 is 0.479 bits per heavy atom. The number of nitrogens with two attached hydrogens (primary N) is 3. The molecule has 23 heteroatoms. The average molecular weight is 1340 g/mol. The Hall–Kier alpha value is -3.19. The fraction of sp³-hybridized carbons (Fsp3) is 0.640. The Bertz CT molecular complexity index is 2630. The van der Waals surface area contributed by atoms with Crippen LogP contribution in [0.25, 0.3) is 33.1 Å². The lowest BCUT2D eigenvalue weighted by Crippen LogP contribution is -2.49. The standard InChI is InChI=1S/C17H25IN6.C16H24IN7.C12H13IN4O.C5H12N2/c1-22-6-8-23(9-7-22)12-2-4-13(5-3-12)24-10-14(18)15-16(19)20-11-21-17(15)24;1-22-6-8-23(9-7-22)11-2-4-12(5-3-11)24-16-13(14(17)21-24)15(18)19-10-20-16;13-9-5-17(7-1-3-8(18)4-2-7)12-10(9)11(14)15-6-16-12;1-7-4-2-6-3-5-7/h10-13H,2-9H2,1H3,(H2,19,20,21);10-12H,2-9H2,1H3,(H2,18,19,20);5-7H,1-4H2,(H2,14,15,16);6H,2-5H2,1H3. The Labute approximate surface area is 470 Å². The third kappa shape index (κ3) is 13.2. The summed E-state index contributed by atoms with van der Waals surface area (Å²) in [6.45, 7) is 14.4. The van der Waals surface area contributed by atoms with Crippen LogP contribution in [0.3, 0.4) is 0 Å². The Morgan fingerprint density at radius 2 is 0.863 bits per heavy atom. The van der Waals surface area contributed by atoms with E-state index in [1.165, 1.54) is 110 Å². The molecule has 6 aromatic rings. The van der Waals surface area contributed by atoms with Crippen molar-refractivity contribution >= 4 is 124 Å². The van der Waals surface area contributed by atoms with Crippen LogP contribution in [0, 0.1) is 10.8 Å². The molecule has 6 aliphatic rings. The molecule has 0 amide bonds. The molecule has 3 saturated heterocycles. The summed E-state index contributed by atoms with van der Waals surface area (Å²) in [5.41, 5.74) is 20.7. The highest BCUT2D eigenvalue weighted by Crippen LogP contribution is 2.38. The van der Waals surface area contributed by atoms with Gasteiger partial charge in [-0.3, -0.25) is 14.6 Å². The van der Waals surface area contributed by atoms with E-state index in [9.17, 15) is 4.79 Å². The largest absolute Gasteiger partial charge is 0.383 e. The number of aromatic nitrogens is 10. The molecule has 6 fully saturated rings. The Morgan fingerprint density at radius 3 is 1.30 bits per heavy atom. The Kier molecular flexibility index (Phi) is 18.9. The SMILES string of the molecule is CN1CCN(C2CCC(n3cc(I)c4c(N)ncnc43)CC2)CC1.CN1CCN(C2CCC(n3nc(I)c4c(N)ncnc43)CC2)CC1.CN1CCNCC1.Nc1ncnc2c1c(I)cn2C1CCC(=O)CC1. The second kappa shape index (κ2) is 25.3. The minimum Gasteiger partial charge on any atom is -0.383 e. The van der Waals surface area contributed by atoms with Crippen molar-refractivity contribution in [3.8, 4) is 0 Å². The van der Waals surface area contributed by atoms with Crippen LogP contribution in [-0.4, -0.2) is 191 Å². The number of likely N-dealkylation sites (N-methyl/N-ethyl adjacent to an activating group) is 3. The smallest absolute Gasteiger partial charge is 0.164 e. The van der Waals surface area contributed by atoms with E-state index in [2.05, 4.69) is 175 Å². The molecular formula is C50H74I3N19O. The highest BCUT2D eigenvalue weighted by atomic mass is 127. The molecule has 73 heavy (non-hydrogen) atoms. The molecule has 3 saturated carbocycles. The number of anilines is 3. The van der Waals surface area contributed by atoms with Gasteiger partial charge in [0.25, 0.3) is 0 Å². The summed E-state index contributed by atoms with van der Waals surface area (Å²) in [4.78, 5) is 49.4. The predicted octanol–water partition coefficient (Wildman–Crippen LogP) is 5.92. The lowest BCUT2D eigenvalue weighted by atomic mass is 9.89. The number of carbonyl (C=O) groups is 1. The van der Waals surface area contributed by atoms with Crippen LogP contribution in [0.1, 0.15) is 95.2 Å². The minimum absolute atomic E-state index is 0.350. The van der Waals surface area contributed by atoms with E-state index in [4.69, 9.17) is 22.3 Å². The topological polar surface area (TPSA) is 228 Å². The lowest BCUT2D eigenvalue weighted by Gasteiger charge is -2.41. The first-order valence-electron chi connectivity index (χ1n) is 26.3. The number of rotatable bonds is 5. The summed E-state index contributed by atoms with van der Waals surface area (Å²) >= 11 is 6.84. The third-order valence-corrected chi connectivity index (χ3v) is 18.5. The van der Waals surface area contributed by atoms with Crippen molar-refractivity contribution < 1.29 is 4.79 Å². The number of piperazine rings is 3. The molecule has 7 N–H and O–H groups in total. The van der Waals surface area contributed by atoms with Crippen molar-refractivity contribution in [2.45, 2.75) is 107 Å². The molecule has 0 unspecified atom stereocenters. The van der Waals surface area contributed by atoms with Gasteiger partial charge in [-0.1, -0.05) is 0 Å². The predicted molar refractivity (Wildman–Crippen MR) is 315 cm³/mol. The lowest BCUT2D eigenvalue weighted by molar-refractivity contribution is -0.120. The normalized spacial score (nSPS) is 24.4. The quantitative estimate of drug-likeness (QED) is 0.147. The van der Waals surface area contributed by atoms with Gasteiger partial charge in [-0.15, -0.1) is 0 Å². The van der Waals surface area contributed by atoms with Gasteiger partial charge in [0.2, 0.25) is 0 Å². The van der Waals surface area contributed by atoms with E-state index in [0.717, 1.165) is 94.8 Å². The van der Waals surface area contributed by atoms with Gasteiger partial charge in [-0.25, -0.2) is 34.6 Å². The molecule has 0 atom stereocenters. The van der Waals surface area contributed by atoms with Crippen LogP contribution in [0.5, 0.6) is 0 Å². The van der Waals surface area contributed by atoms with E-state index in [0.29, 0.717) is 54.2 Å². The van der Waals surface area contributed by atoms with Crippen LogP contribution in [-0.2, 0) is 4.79 Å². The summed E-state index contributed by atoms with van der Waals surface area (Å²) in [6, 6.07) is 2.80. The highest BCUT2D eigenvalue weighted by Gasteiger charge is 2.32. The summed E-state index contributed by atoms with van der Waals surface area (Å²) in [6.07, 6.45) is 21.8. The zero-order chi connectivity index (χ0) is 51.2. The zero-order valence-corrected chi connectivity index (χ0v) is 49.2. The molecule has 0 aromatic carbocycles. The van der Waals surface area contributed by atoms with Crippen LogP contribution in [0.2, 0.25) is 0 Å². The van der Waals surface area contributed by atoms with Crippen LogP contribution < -0.4 is 22.5 Å². The van der Waals surface area contributed by atoms with Crippen molar-refractivity contribution in [2.24, 2.45) is 0 Å². The van der Waals surface area contributed by atoms with Crippen molar-refractivity contribution in [2.75, 3.05) is 117 Å². The van der Waals surface area contributed by atoms with Crippen LogP contribution >= 0.6 is 67.8 Å². The van der Waals surface area contributed by atoms with Crippen LogP contribution in [0.4, 0.5) is 17.5 Å². The van der Waals surface area contributed by atoms with Gasteiger partial charge in [0.15, 0.2) is 5.65 Å². The van der Waals surface area contributed by atoms with Crippen molar-refractivity contribution in [3.05, 3.63) is 42.2 Å². The number of Topliss-reactive ketones (excluding diaryl/α,β-unsaturated/α-hetero) is 1. The van der Waals surface area contributed by atoms with E-state index in [1.54, 1.807) is 12.7 Å². The molecule has 0 radical (unpaired) electrons. The zero-order valence-electron chi connectivity index (χ0n) is 42.7. The maximum atomic E-state index is 11.3. The number of hydrogen-bond donors (Lipinski definition) is 4. The molecule has 396 valence electrons. The van der Waals surface area contributed by atoms with Gasteiger partial charge in [-0.2, -0.15) is 5.10 Å². The van der Waals surface area contributed by atoms with Gasteiger partial charge in [-0.05, 0) is 153 Å². The average Bonchev–Trinajstić information content (AvgIpc) is 4.06. The third-order valence-electron chi connectivity index (χ3n) is 16.1. The number of carbonyl (C=O) groups excluding carboxylic acids is 1. The van der Waals surface area contributed by atoms with E-state index in [1.807, 2.05) is 0 Å². The summed E-state index contributed by atoms with van der Waals surface area (Å²) in [5.74, 6) is 2.01. The van der Waals surface area contributed by atoms with E-state index < -0.39 is 0 Å². The molecule has 6 aromatic heterocycles. The molecule has 0 bridgehead atoms. The van der Waals surface area contributed by atoms with Gasteiger partial charge in [0.1, 0.15) is 57.2 Å². The molecule has 9 heterocycles. The molecular weight excluding hydrogens is 1260 g/mol. The monoisotopic (exact) mass is 1340 g/mol. The van der Waals surface area contributed by atoms with E-state index in [-0.39, 0.29) is 0 Å². The second-order valence-corrected chi connectivity index (χ2v) is 24.1. The molecule has 20 nitrogen and oxygen atoms in total. The maximum Gasteiger partial charge on any atom is 0.164 e. The fourth-order valence-corrected chi connectivity index (χ4v) is 14.0. The number of ketones is 1. The summed E-state index contributed by atoms with van der Waals surface area (Å²) in [7, 11) is 6.59. The minimum atomic E-state index is 0.350.